The van der Waals surface area contributed by atoms with E-state index in [0.29, 0.717) is 21.2 Å². The molecule has 1 aliphatic heterocycles. The highest BCUT2D eigenvalue weighted by atomic mass is 35.5. The van der Waals surface area contributed by atoms with Crippen LogP contribution >= 0.6 is 22.9 Å². The molecule has 2 aromatic heterocycles. The molecule has 1 saturated heterocycles. The Kier molecular flexibility index (Phi) is 4.27. The van der Waals surface area contributed by atoms with Crippen LogP contribution in [0.25, 0.3) is 21.2 Å². The molecule has 3 heterocycles. The molecule has 0 spiro atoms. The fourth-order valence-corrected chi connectivity index (χ4v) is 4.09. The standard InChI is InChI=1S/C18H12ClF3N2O2S/c19-12-2-1-10(5-13(12)20)11-7-27-14-3-4-23(17(26)16(11)14)6-15(25)24-8-18(21,22)9-24/h1-5,7H,6,8-9H2. The first-order valence-electron chi connectivity index (χ1n) is 7.97. The van der Waals surface area contributed by atoms with Crippen LogP contribution in [-0.4, -0.2) is 34.4 Å². The maximum absolute atomic E-state index is 13.8. The van der Waals surface area contributed by atoms with Crippen molar-refractivity contribution in [2.45, 2.75) is 12.5 Å². The molecule has 0 radical (unpaired) electrons. The summed E-state index contributed by atoms with van der Waals surface area (Å²) in [5, 5.41) is 2.07. The molecule has 0 atom stereocenters. The van der Waals surface area contributed by atoms with Gasteiger partial charge in [-0.25, -0.2) is 13.2 Å². The number of amides is 1. The molecular formula is C18H12ClF3N2O2S. The van der Waals surface area contributed by atoms with Crippen LogP contribution in [-0.2, 0) is 11.3 Å². The molecule has 0 N–H and O–H groups in total. The van der Waals surface area contributed by atoms with Crippen molar-refractivity contribution in [1.29, 1.82) is 0 Å². The van der Waals surface area contributed by atoms with Crippen molar-refractivity contribution in [1.82, 2.24) is 9.47 Å². The number of thiophene rings is 1. The zero-order valence-corrected chi connectivity index (χ0v) is 15.3. The Labute approximate surface area is 160 Å². The van der Waals surface area contributed by atoms with Crippen LogP contribution in [0.5, 0.6) is 0 Å². The number of hydrogen-bond donors (Lipinski definition) is 0. The number of fused-ring (bicyclic) bond motifs is 1. The van der Waals surface area contributed by atoms with E-state index in [1.807, 2.05) is 0 Å². The van der Waals surface area contributed by atoms with Gasteiger partial charge in [0.15, 0.2) is 0 Å². The van der Waals surface area contributed by atoms with Crippen molar-refractivity contribution < 1.29 is 18.0 Å². The number of carbonyl (C=O) groups excluding carboxylic acids is 1. The molecule has 1 aliphatic rings. The molecule has 4 nitrogen and oxygen atoms in total. The third-order valence-electron chi connectivity index (χ3n) is 4.43. The maximum atomic E-state index is 13.8. The van der Waals surface area contributed by atoms with Gasteiger partial charge in [0.25, 0.3) is 11.5 Å². The normalized spacial score (nSPS) is 15.8. The average molecular weight is 413 g/mol. The molecule has 27 heavy (non-hydrogen) atoms. The number of likely N-dealkylation sites (tertiary alicyclic amines) is 1. The van der Waals surface area contributed by atoms with Crippen LogP contribution in [0.3, 0.4) is 0 Å². The van der Waals surface area contributed by atoms with Gasteiger partial charge in [0, 0.05) is 21.8 Å². The maximum Gasteiger partial charge on any atom is 0.282 e. The minimum atomic E-state index is -2.86. The summed E-state index contributed by atoms with van der Waals surface area (Å²) in [7, 11) is 0. The zero-order valence-electron chi connectivity index (χ0n) is 13.7. The lowest BCUT2D eigenvalue weighted by molar-refractivity contribution is -0.166. The van der Waals surface area contributed by atoms with E-state index in [4.69, 9.17) is 11.6 Å². The van der Waals surface area contributed by atoms with Gasteiger partial charge in [-0.3, -0.25) is 9.59 Å². The van der Waals surface area contributed by atoms with E-state index in [1.165, 1.54) is 34.2 Å². The third kappa shape index (κ3) is 3.23. The number of carbonyl (C=O) groups is 1. The number of aromatic nitrogens is 1. The smallest absolute Gasteiger partial charge is 0.282 e. The topological polar surface area (TPSA) is 42.3 Å². The SMILES string of the molecule is O=C(Cn1ccc2scc(-c3ccc(Cl)c(F)c3)c2c1=O)N1CC(F)(F)C1. The first-order chi connectivity index (χ1) is 12.7. The summed E-state index contributed by atoms with van der Waals surface area (Å²) in [6.07, 6.45) is 1.46. The summed E-state index contributed by atoms with van der Waals surface area (Å²) in [5.74, 6) is -4.00. The second kappa shape index (κ2) is 6.38. The number of alkyl halides is 2. The molecule has 0 unspecified atom stereocenters. The van der Waals surface area contributed by atoms with E-state index in [0.717, 1.165) is 4.90 Å². The number of halogens is 4. The quantitative estimate of drug-likeness (QED) is 0.652. The minimum absolute atomic E-state index is 0.0207. The summed E-state index contributed by atoms with van der Waals surface area (Å²) in [6.45, 7) is -1.58. The largest absolute Gasteiger partial charge is 0.329 e. The van der Waals surface area contributed by atoms with Crippen molar-refractivity contribution in [2.75, 3.05) is 13.1 Å². The molecule has 1 fully saturated rings. The van der Waals surface area contributed by atoms with Gasteiger partial charge in [0.05, 0.1) is 23.5 Å². The van der Waals surface area contributed by atoms with Gasteiger partial charge in [0.1, 0.15) is 12.4 Å². The van der Waals surface area contributed by atoms with Crippen molar-refractivity contribution in [3.05, 3.63) is 57.0 Å². The van der Waals surface area contributed by atoms with Crippen LogP contribution < -0.4 is 5.56 Å². The lowest BCUT2D eigenvalue weighted by atomic mass is 10.1. The minimum Gasteiger partial charge on any atom is -0.329 e. The number of rotatable bonds is 3. The first-order valence-corrected chi connectivity index (χ1v) is 9.23. The highest BCUT2D eigenvalue weighted by Gasteiger charge is 2.46. The third-order valence-corrected chi connectivity index (χ3v) is 5.69. The first kappa shape index (κ1) is 18.1. The molecule has 3 aromatic rings. The lowest BCUT2D eigenvalue weighted by Gasteiger charge is -2.38. The van der Waals surface area contributed by atoms with E-state index in [-0.39, 0.29) is 11.6 Å². The molecule has 140 valence electrons. The van der Waals surface area contributed by atoms with Crippen molar-refractivity contribution in [2.24, 2.45) is 0 Å². The molecule has 4 rings (SSSR count). The Morgan fingerprint density at radius 1 is 1.26 bits per heavy atom. The molecule has 0 aliphatic carbocycles. The lowest BCUT2D eigenvalue weighted by Crippen LogP contribution is -2.59. The Balaban J connectivity index is 1.70. The Morgan fingerprint density at radius 3 is 2.67 bits per heavy atom. The summed E-state index contributed by atoms with van der Waals surface area (Å²) < 4.78 is 41.5. The molecule has 1 amide bonds. The van der Waals surface area contributed by atoms with Gasteiger partial charge >= 0.3 is 0 Å². The summed E-state index contributed by atoms with van der Waals surface area (Å²) in [4.78, 5) is 26.0. The highest BCUT2D eigenvalue weighted by Crippen LogP contribution is 2.33. The summed E-state index contributed by atoms with van der Waals surface area (Å²) in [5.41, 5.74) is 0.597. The molecule has 0 bridgehead atoms. The van der Waals surface area contributed by atoms with Gasteiger partial charge in [-0.1, -0.05) is 17.7 Å². The summed E-state index contributed by atoms with van der Waals surface area (Å²) >= 11 is 7.03. The van der Waals surface area contributed by atoms with Crippen molar-refractivity contribution in [3.8, 4) is 11.1 Å². The fourth-order valence-electron chi connectivity index (χ4n) is 3.02. The Bertz CT molecular complexity index is 1120. The van der Waals surface area contributed by atoms with Gasteiger partial charge in [0.2, 0.25) is 5.91 Å². The van der Waals surface area contributed by atoms with E-state index < -0.39 is 36.3 Å². The number of hydrogen-bond acceptors (Lipinski definition) is 3. The van der Waals surface area contributed by atoms with E-state index in [1.54, 1.807) is 17.5 Å². The monoisotopic (exact) mass is 412 g/mol. The van der Waals surface area contributed by atoms with Gasteiger partial charge in [-0.15, -0.1) is 11.3 Å². The predicted molar refractivity (Wildman–Crippen MR) is 98.0 cm³/mol. The predicted octanol–water partition coefficient (Wildman–Crippen LogP) is 4.00. The Morgan fingerprint density at radius 2 is 2.00 bits per heavy atom. The molecule has 0 saturated carbocycles. The second-order valence-electron chi connectivity index (χ2n) is 6.37. The molecular weight excluding hydrogens is 401 g/mol. The zero-order chi connectivity index (χ0) is 19.3. The summed E-state index contributed by atoms with van der Waals surface area (Å²) in [6, 6.07) is 5.94. The van der Waals surface area contributed by atoms with E-state index in [9.17, 15) is 22.8 Å². The van der Waals surface area contributed by atoms with Crippen LogP contribution in [0.1, 0.15) is 0 Å². The van der Waals surface area contributed by atoms with E-state index in [2.05, 4.69) is 0 Å². The average Bonchev–Trinajstić information content (AvgIpc) is 3.02. The fraction of sp³-hybridized carbons (Fsp3) is 0.222. The highest BCUT2D eigenvalue weighted by molar-refractivity contribution is 7.17. The van der Waals surface area contributed by atoms with Crippen LogP contribution in [0.4, 0.5) is 13.2 Å². The van der Waals surface area contributed by atoms with E-state index >= 15 is 0 Å². The van der Waals surface area contributed by atoms with Gasteiger partial charge in [-0.2, -0.15) is 0 Å². The van der Waals surface area contributed by atoms with Crippen molar-refractivity contribution in [3.63, 3.8) is 0 Å². The number of nitrogens with zero attached hydrogens (tertiary/aromatic N) is 2. The molecule has 9 heteroatoms. The number of pyridine rings is 1. The van der Waals surface area contributed by atoms with Crippen LogP contribution in [0.2, 0.25) is 5.02 Å². The van der Waals surface area contributed by atoms with Crippen LogP contribution in [0.15, 0.2) is 40.6 Å². The van der Waals surface area contributed by atoms with Crippen molar-refractivity contribution >= 4 is 38.9 Å². The van der Waals surface area contributed by atoms with Crippen LogP contribution in [0, 0.1) is 5.82 Å². The van der Waals surface area contributed by atoms with Gasteiger partial charge < -0.3 is 9.47 Å². The molecule has 1 aromatic carbocycles. The number of benzene rings is 1. The second-order valence-corrected chi connectivity index (χ2v) is 7.69. The van der Waals surface area contributed by atoms with Gasteiger partial charge in [-0.05, 0) is 23.8 Å². The Hall–Kier alpha value is -2.32.